The van der Waals surface area contributed by atoms with E-state index in [1.165, 1.54) is 49.7 Å². The summed E-state index contributed by atoms with van der Waals surface area (Å²) in [6, 6.07) is 9.02. The van der Waals surface area contributed by atoms with E-state index >= 15 is 0 Å². The number of aryl methyl sites for hydroxylation is 2. The monoisotopic (exact) mass is 568 g/mol. The Kier molecular flexibility index (Phi) is 7.28. The molecule has 42 heavy (non-hydrogen) atoms. The van der Waals surface area contributed by atoms with Gasteiger partial charge in [0, 0.05) is 49.1 Å². The number of fused-ring (bicyclic) bond motifs is 3. The number of likely N-dealkylation sites (tertiary alicyclic amines) is 1. The molecule has 3 fully saturated rings. The van der Waals surface area contributed by atoms with Gasteiger partial charge in [0.1, 0.15) is 5.82 Å². The molecule has 1 amide bonds. The van der Waals surface area contributed by atoms with E-state index in [-0.39, 0.29) is 23.4 Å². The van der Waals surface area contributed by atoms with Crippen LogP contribution in [0.3, 0.4) is 0 Å². The van der Waals surface area contributed by atoms with Crippen molar-refractivity contribution in [1.29, 1.82) is 0 Å². The molecule has 2 aliphatic carbocycles. The summed E-state index contributed by atoms with van der Waals surface area (Å²) in [6.07, 6.45) is 15.0. The molecule has 224 valence electrons. The molecule has 0 radical (unpaired) electrons. The molecule has 2 aliphatic heterocycles. The number of carbonyl (C=O) groups excluding carboxylic acids is 1. The van der Waals surface area contributed by atoms with Crippen LogP contribution in [0.15, 0.2) is 30.5 Å². The normalized spacial score (nSPS) is 27.8. The van der Waals surface area contributed by atoms with Crippen LogP contribution in [0.5, 0.6) is 0 Å². The zero-order valence-corrected chi connectivity index (χ0v) is 25.8. The van der Waals surface area contributed by atoms with Crippen LogP contribution < -0.4 is 10.6 Å². The van der Waals surface area contributed by atoms with E-state index in [1.807, 2.05) is 4.52 Å². The maximum atomic E-state index is 14.4. The van der Waals surface area contributed by atoms with Crippen molar-refractivity contribution in [3.8, 4) is 0 Å². The van der Waals surface area contributed by atoms with E-state index in [1.54, 1.807) is 0 Å². The number of rotatable bonds is 3. The summed E-state index contributed by atoms with van der Waals surface area (Å²) in [5.74, 6) is 2.51. The van der Waals surface area contributed by atoms with E-state index in [0.29, 0.717) is 11.8 Å². The highest BCUT2D eigenvalue weighted by Gasteiger charge is 2.44. The first kappa shape index (κ1) is 27.9. The number of aromatic nitrogens is 3. The minimum Gasteiger partial charge on any atom is -0.355 e. The van der Waals surface area contributed by atoms with Crippen LogP contribution in [0.2, 0.25) is 0 Å². The topological polar surface area (TPSA) is 79.8 Å². The largest absolute Gasteiger partial charge is 0.355 e. The van der Waals surface area contributed by atoms with E-state index < -0.39 is 0 Å². The van der Waals surface area contributed by atoms with Crippen molar-refractivity contribution in [3.05, 3.63) is 58.4 Å². The van der Waals surface area contributed by atoms with Crippen molar-refractivity contribution in [2.75, 3.05) is 24.5 Å². The maximum absolute atomic E-state index is 14.4. The Morgan fingerprint density at radius 2 is 1.83 bits per heavy atom. The van der Waals surface area contributed by atoms with Gasteiger partial charge in [-0.05, 0) is 98.8 Å². The standard InChI is InChI=1S/C35H48N6O/c1-23-10-11-26-12-13-27(19-29(26)35(25(23)3)15-6-4-7-16-35)34(42)40-17-8-5-9-31(40)30-20-32-37-33(24(2)21-41(32)38-30)39-18-14-28(36)22-39/h12-13,19-21,23,25,28,31H,4-11,14-18,22,36H2,1-3H3/t23?,25-,28+,31+/m1/s1. The van der Waals surface area contributed by atoms with Crippen molar-refractivity contribution in [3.63, 3.8) is 0 Å². The highest BCUT2D eigenvalue weighted by Crippen LogP contribution is 2.51. The van der Waals surface area contributed by atoms with Gasteiger partial charge >= 0.3 is 0 Å². The fourth-order valence-corrected chi connectivity index (χ4v) is 8.85. The minimum absolute atomic E-state index is 0.0293. The highest BCUT2D eigenvalue weighted by molar-refractivity contribution is 5.95. The lowest BCUT2D eigenvalue weighted by atomic mass is 9.59. The quantitative estimate of drug-likeness (QED) is 0.398. The van der Waals surface area contributed by atoms with E-state index in [9.17, 15) is 4.79 Å². The first-order valence-electron chi connectivity index (χ1n) is 16.7. The third kappa shape index (κ3) is 4.72. The summed E-state index contributed by atoms with van der Waals surface area (Å²) in [7, 11) is 0. The van der Waals surface area contributed by atoms with Gasteiger partial charge in [-0.25, -0.2) is 9.50 Å². The Hall–Kier alpha value is -2.93. The number of amides is 1. The number of nitrogens with two attached hydrogens (primary N) is 1. The molecule has 4 heterocycles. The molecule has 2 aromatic heterocycles. The fraction of sp³-hybridized carbons (Fsp3) is 0.629. The Balaban J connectivity index is 1.21. The molecule has 7 nitrogen and oxygen atoms in total. The molecule has 1 spiro atoms. The molecule has 7 rings (SSSR count). The molecule has 7 heteroatoms. The van der Waals surface area contributed by atoms with Crippen LogP contribution >= 0.6 is 0 Å². The molecular weight excluding hydrogens is 520 g/mol. The van der Waals surface area contributed by atoms with Gasteiger partial charge in [0.2, 0.25) is 0 Å². The highest BCUT2D eigenvalue weighted by atomic mass is 16.2. The first-order chi connectivity index (χ1) is 20.3. The predicted molar refractivity (Wildman–Crippen MR) is 168 cm³/mol. The van der Waals surface area contributed by atoms with Gasteiger partial charge < -0.3 is 15.5 Å². The van der Waals surface area contributed by atoms with Crippen molar-refractivity contribution < 1.29 is 4.79 Å². The number of benzene rings is 1. The second-order valence-corrected chi connectivity index (χ2v) is 14.0. The molecule has 2 saturated heterocycles. The van der Waals surface area contributed by atoms with E-state index in [4.69, 9.17) is 15.8 Å². The van der Waals surface area contributed by atoms with Gasteiger partial charge in [-0.1, -0.05) is 39.2 Å². The fourth-order valence-electron chi connectivity index (χ4n) is 8.85. The second-order valence-electron chi connectivity index (χ2n) is 14.0. The number of carbonyl (C=O) groups is 1. The smallest absolute Gasteiger partial charge is 0.254 e. The number of hydrogen-bond donors (Lipinski definition) is 1. The number of nitrogens with zero attached hydrogens (tertiary/aromatic N) is 5. The summed E-state index contributed by atoms with van der Waals surface area (Å²) >= 11 is 0. The molecule has 1 aromatic carbocycles. The van der Waals surface area contributed by atoms with Gasteiger partial charge in [-0.2, -0.15) is 5.10 Å². The average Bonchev–Trinajstić information content (AvgIpc) is 3.62. The SMILES string of the molecule is Cc1cn2nc([C@@H]3CCCCN3C(=O)c3ccc4c(c3)C3(CCCCC3)[C@H](C)C(C)CC4)cc2nc1N1CC[C@H](N)C1. The molecule has 4 atom stereocenters. The zero-order chi connectivity index (χ0) is 29.0. The molecule has 4 aliphatic rings. The van der Waals surface area contributed by atoms with Gasteiger partial charge in [0.05, 0.1) is 11.7 Å². The van der Waals surface area contributed by atoms with Gasteiger partial charge in [-0.3, -0.25) is 4.79 Å². The summed E-state index contributed by atoms with van der Waals surface area (Å²) < 4.78 is 1.90. The lowest BCUT2D eigenvalue weighted by Crippen LogP contribution is -2.40. The van der Waals surface area contributed by atoms with E-state index in [0.717, 1.165) is 80.0 Å². The third-order valence-electron chi connectivity index (χ3n) is 11.5. The van der Waals surface area contributed by atoms with Crippen LogP contribution in [-0.2, 0) is 11.8 Å². The van der Waals surface area contributed by atoms with Crippen LogP contribution in [-0.4, -0.2) is 51.1 Å². The Bertz CT molecular complexity index is 1470. The van der Waals surface area contributed by atoms with Crippen molar-refractivity contribution in [2.45, 2.75) is 109 Å². The zero-order valence-electron chi connectivity index (χ0n) is 25.8. The van der Waals surface area contributed by atoms with Gasteiger partial charge in [0.15, 0.2) is 5.65 Å². The number of hydrogen-bond acceptors (Lipinski definition) is 5. The summed E-state index contributed by atoms with van der Waals surface area (Å²) in [6.45, 7) is 9.60. The van der Waals surface area contributed by atoms with Crippen LogP contribution in [0.1, 0.15) is 117 Å². The molecule has 0 bridgehead atoms. The maximum Gasteiger partial charge on any atom is 0.254 e. The predicted octanol–water partition coefficient (Wildman–Crippen LogP) is 6.36. The molecule has 3 aromatic rings. The summed E-state index contributed by atoms with van der Waals surface area (Å²) in [4.78, 5) is 23.8. The Morgan fingerprint density at radius 3 is 2.62 bits per heavy atom. The number of anilines is 1. The van der Waals surface area contributed by atoms with Crippen LogP contribution in [0.4, 0.5) is 5.82 Å². The molecule has 1 unspecified atom stereocenters. The molecule has 2 N–H and O–H groups in total. The van der Waals surface area contributed by atoms with Crippen molar-refractivity contribution in [1.82, 2.24) is 19.5 Å². The van der Waals surface area contributed by atoms with Gasteiger partial charge in [-0.15, -0.1) is 0 Å². The number of piperidine rings is 1. The molecular formula is C35H48N6O. The Morgan fingerprint density at radius 1 is 1.00 bits per heavy atom. The minimum atomic E-state index is -0.0293. The third-order valence-corrected chi connectivity index (χ3v) is 11.5. The summed E-state index contributed by atoms with van der Waals surface area (Å²) in [5, 5.41) is 4.99. The first-order valence-corrected chi connectivity index (χ1v) is 16.7. The summed E-state index contributed by atoms with van der Waals surface area (Å²) in [5.41, 5.74) is 13.1. The second kappa shape index (κ2) is 11.0. The van der Waals surface area contributed by atoms with Gasteiger partial charge in [0.25, 0.3) is 5.91 Å². The van der Waals surface area contributed by atoms with Crippen LogP contribution in [0.25, 0.3) is 5.65 Å². The Labute approximate surface area is 250 Å². The average molecular weight is 569 g/mol. The van der Waals surface area contributed by atoms with E-state index in [2.05, 4.69) is 61.0 Å². The van der Waals surface area contributed by atoms with Crippen molar-refractivity contribution >= 4 is 17.4 Å². The lowest BCUT2D eigenvalue weighted by Gasteiger charge is -2.45. The van der Waals surface area contributed by atoms with Crippen molar-refractivity contribution in [2.24, 2.45) is 17.6 Å². The molecule has 1 saturated carbocycles. The lowest BCUT2D eigenvalue weighted by molar-refractivity contribution is 0.0605. The van der Waals surface area contributed by atoms with Crippen LogP contribution in [0, 0.1) is 18.8 Å².